The zero-order chi connectivity index (χ0) is 26.7. The smallest absolute Gasteiger partial charge is 0.150 e. The number of Topliss-reactive ketones (excluding diaryl/α,β-unsaturated/α-hetero) is 1. The van der Waals surface area contributed by atoms with Crippen molar-refractivity contribution in [2.45, 2.75) is 94.0 Å². The monoisotopic (exact) mass is 526 g/mol. The van der Waals surface area contributed by atoms with E-state index in [2.05, 4.69) is 29.9 Å². The minimum Gasteiger partial charge on any atom is -0.379 e. The van der Waals surface area contributed by atoms with Crippen molar-refractivity contribution in [1.82, 2.24) is 5.32 Å². The molecular formula is C28H54N4O5+2. The Kier molecular flexibility index (Phi) is 10.4. The van der Waals surface area contributed by atoms with Crippen molar-refractivity contribution in [3.63, 3.8) is 0 Å². The maximum Gasteiger partial charge on any atom is 0.150 e. The van der Waals surface area contributed by atoms with E-state index in [4.69, 9.17) is 24.7 Å². The van der Waals surface area contributed by atoms with Crippen molar-refractivity contribution >= 4 is 5.78 Å². The maximum atomic E-state index is 13.7. The third kappa shape index (κ3) is 5.94. The van der Waals surface area contributed by atoms with Gasteiger partial charge in [-0.1, -0.05) is 0 Å². The highest BCUT2D eigenvalue weighted by Gasteiger charge is 2.54. The Morgan fingerprint density at radius 1 is 0.973 bits per heavy atom. The van der Waals surface area contributed by atoms with Gasteiger partial charge in [0.1, 0.15) is 17.9 Å². The number of methoxy groups -OCH3 is 4. The molecule has 9 heteroatoms. The fraction of sp³-hybridized carbons (Fsp3) is 0.964. The van der Waals surface area contributed by atoms with Gasteiger partial charge in [0.2, 0.25) is 0 Å². The average Bonchev–Trinajstić information content (AvgIpc) is 3.15. The van der Waals surface area contributed by atoms with E-state index in [9.17, 15) is 4.79 Å². The molecule has 13 unspecified atom stereocenters. The van der Waals surface area contributed by atoms with E-state index in [1.54, 1.807) is 21.3 Å². The van der Waals surface area contributed by atoms with Gasteiger partial charge in [-0.05, 0) is 56.8 Å². The SMILES string of the molecule is C[NH2+]C1CCC2CC(OC)C(OC)C(OC)C2C2CCC(NCC3C[NH2+]C(C)C(N)C3OC)C(=O)CC12. The predicted octanol–water partition coefficient (Wildman–Crippen LogP) is -1.11. The molecule has 0 amide bonds. The third-order valence-corrected chi connectivity index (χ3v) is 10.7. The Morgan fingerprint density at radius 2 is 1.70 bits per heavy atom. The largest absolute Gasteiger partial charge is 0.379 e. The predicted molar refractivity (Wildman–Crippen MR) is 141 cm³/mol. The van der Waals surface area contributed by atoms with Crippen LogP contribution in [0.3, 0.4) is 0 Å². The second-order valence-corrected chi connectivity index (χ2v) is 12.2. The van der Waals surface area contributed by atoms with Gasteiger partial charge >= 0.3 is 0 Å². The summed E-state index contributed by atoms with van der Waals surface area (Å²) in [4.78, 5) is 13.7. The van der Waals surface area contributed by atoms with Gasteiger partial charge in [-0.25, -0.2) is 0 Å². The fourth-order valence-corrected chi connectivity index (χ4v) is 8.59. The molecule has 13 atom stereocenters. The van der Waals surface area contributed by atoms with E-state index in [1.807, 2.05) is 7.11 Å². The number of nitrogens with one attached hydrogen (secondary N) is 1. The van der Waals surface area contributed by atoms with Gasteiger partial charge in [0.15, 0.2) is 0 Å². The van der Waals surface area contributed by atoms with Crippen LogP contribution in [-0.4, -0.2) is 103 Å². The third-order valence-electron chi connectivity index (χ3n) is 10.7. The highest BCUT2D eigenvalue weighted by atomic mass is 16.6. The summed E-state index contributed by atoms with van der Waals surface area (Å²) in [6.45, 7) is 3.89. The molecule has 0 aromatic heterocycles. The number of ketones is 1. The van der Waals surface area contributed by atoms with Crippen LogP contribution in [0.5, 0.6) is 0 Å². The molecule has 0 bridgehead atoms. The zero-order valence-corrected chi connectivity index (χ0v) is 23.9. The zero-order valence-electron chi connectivity index (χ0n) is 23.9. The standard InChI is InChI=1S/C28H52N4O5/c1-15-25(29)26(35-4)17(13-31-15)14-32-21-10-8-18-19(12-22(21)33)20(30-2)9-7-16-11-23(34-3)27(36-5)28(37-6)24(16)18/h15-21,23-28,30-32H,7-14,29H2,1-6H3/p+2. The maximum absolute atomic E-state index is 13.7. The average molecular weight is 527 g/mol. The van der Waals surface area contributed by atoms with E-state index in [-0.39, 0.29) is 36.5 Å². The Labute approximate surface area is 223 Å². The number of hydrogen-bond acceptors (Lipinski definition) is 7. The number of hydrogen-bond donors (Lipinski definition) is 4. The molecule has 214 valence electrons. The number of carbonyl (C=O) groups excluding carboxylic acids is 1. The number of nitrogens with two attached hydrogens (primary N) is 3. The summed E-state index contributed by atoms with van der Waals surface area (Å²) in [5.74, 6) is 2.37. The van der Waals surface area contributed by atoms with Crippen LogP contribution in [0, 0.1) is 29.6 Å². The number of ether oxygens (including phenoxy) is 4. The molecule has 4 aliphatic rings. The molecule has 3 aliphatic carbocycles. The summed E-state index contributed by atoms with van der Waals surface area (Å²) in [5.41, 5.74) is 6.45. The molecule has 9 nitrogen and oxygen atoms in total. The van der Waals surface area contributed by atoms with E-state index in [0.29, 0.717) is 53.9 Å². The van der Waals surface area contributed by atoms with Crippen molar-refractivity contribution in [2.75, 3.05) is 48.6 Å². The number of quaternary nitrogens is 2. The van der Waals surface area contributed by atoms with Crippen LogP contribution in [0.4, 0.5) is 0 Å². The highest BCUT2D eigenvalue weighted by molar-refractivity contribution is 5.84. The van der Waals surface area contributed by atoms with E-state index in [0.717, 1.165) is 45.2 Å². The lowest BCUT2D eigenvalue weighted by atomic mass is 9.64. The Balaban J connectivity index is 1.51. The van der Waals surface area contributed by atoms with Gasteiger partial charge in [-0.2, -0.15) is 0 Å². The number of fused-ring (bicyclic) bond motifs is 3. The van der Waals surface area contributed by atoms with Crippen LogP contribution < -0.4 is 21.7 Å². The first-order valence-corrected chi connectivity index (χ1v) is 14.6. The van der Waals surface area contributed by atoms with Gasteiger partial charge < -0.3 is 40.6 Å². The molecule has 0 radical (unpaired) electrons. The topological polar surface area (TPSA) is 125 Å². The van der Waals surface area contributed by atoms with Gasteiger partial charge in [-0.3, -0.25) is 4.79 Å². The van der Waals surface area contributed by atoms with Gasteiger partial charge in [0, 0.05) is 53.2 Å². The molecule has 1 aliphatic heterocycles. The molecule has 1 heterocycles. The molecule has 0 spiro atoms. The normalized spacial score (nSPS) is 47.0. The molecule has 0 aromatic carbocycles. The summed E-state index contributed by atoms with van der Waals surface area (Å²) in [6.07, 6.45) is 5.83. The Bertz CT molecular complexity index is 743. The minimum absolute atomic E-state index is 0.00160. The summed E-state index contributed by atoms with van der Waals surface area (Å²) < 4.78 is 23.9. The van der Waals surface area contributed by atoms with Crippen molar-refractivity contribution in [2.24, 2.45) is 35.3 Å². The lowest BCUT2D eigenvalue weighted by Gasteiger charge is -2.48. The van der Waals surface area contributed by atoms with Crippen LogP contribution in [-0.2, 0) is 23.7 Å². The second-order valence-electron chi connectivity index (χ2n) is 12.2. The van der Waals surface area contributed by atoms with Gasteiger partial charge in [0.05, 0.1) is 50.0 Å². The first-order valence-electron chi connectivity index (χ1n) is 14.6. The Morgan fingerprint density at radius 3 is 2.35 bits per heavy atom. The van der Waals surface area contributed by atoms with Crippen LogP contribution in [0.2, 0.25) is 0 Å². The fourth-order valence-electron chi connectivity index (χ4n) is 8.59. The molecule has 4 fully saturated rings. The van der Waals surface area contributed by atoms with E-state index in [1.165, 1.54) is 0 Å². The van der Waals surface area contributed by atoms with Crippen LogP contribution >= 0.6 is 0 Å². The summed E-state index contributed by atoms with van der Waals surface area (Å²) in [6, 6.07) is 0.705. The van der Waals surface area contributed by atoms with Crippen molar-refractivity contribution in [3.05, 3.63) is 0 Å². The lowest BCUT2D eigenvalue weighted by molar-refractivity contribution is -0.705. The van der Waals surface area contributed by atoms with Crippen molar-refractivity contribution in [1.29, 1.82) is 0 Å². The highest BCUT2D eigenvalue weighted by Crippen LogP contribution is 2.50. The van der Waals surface area contributed by atoms with E-state index >= 15 is 0 Å². The first kappa shape index (κ1) is 29.3. The molecule has 1 saturated heterocycles. The number of piperidine rings is 1. The second kappa shape index (κ2) is 13.1. The number of carbonyl (C=O) groups is 1. The summed E-state index contributed by atoms with van der Waals surface area (Å²) in [5, 5.41) is 8.36. The van der Waals surface area contributed by atoms with Gasteiger partial charge in [-0.15, -0.1) is 0 Å². The molecule has 3 saturated carbocycles. The molecule has 4 rings (SSSR count). The first-order chi connectivity index (χ1) is 17.9. The summed E-state index contributed by atoms with van der Waals surface area (Å²) in [7, 11) is 9.33. The van der Waals surface area contributed by atoms with Crippen molar-refractivity contribution < 1.29 is 34.4 Å². The Hall–Kier alpha value is -0.650. The quantitative estimate of drug-likeness (QED) is 0.316. The van der Waals surface area contributed by atoms with E-state index < -0.39 is 0 Å². The van der Waals surface area contributed by atoms with Gasteiger partial charge in [0.25, 0.3) is 0 Å². The van der Waals surface area contributed by atoms with Crippen LogP contribution in [0.1, 0.15) is 45.4 Å². The molecule has 37 heavy (non-hydrogen) atoms. The molecule has 0 aromatic rings. The molecular weight excluding hydrogens is 472 g/mol. The van der Waals surface area contributed by atoms with Crippen molar-refractivity contribution in [3.8, 4) is 0 Å². The molecule has 7 N–H and O–H groups in total. The van der Waals surface area contributed by atoms with Crippen LogP contribution in [0.25, 0.3) is 0 Å². The summed E-state index contributed by atoms with van der Waals surface area (Å²) >= 11 is 0. The number of rotatable bonds is 8. The lowest BCUT2D eigenvalue weighted by Crippen LogP contribution is -2.98. The minimum atomic E-state index is -0.106. The van der Waals surface area contributed by atoms with Crippen LogP contribution in [0.15, 0.2) is 0 Å².